The van der Waals surface area contributed by atoms with Gasteiger partial charge in [0.15, 0.2) is 0 Å². The third kappa shape index (κ3) is 3.55. The molecule has 0 amide bonds. The largest absolute Gasteiger partial charge is 0.468 e. The monoisotopic (exact) mass is 317 g/mol. The Bertz CT molecular complexity index is 723. The quantitative estimate of drug-likeness (QED) is 0.794. The van der Waals surface area contributed by atoms with Gasteiger partial charge in [-0.25, -0.2) is 8.42 Å². The number of hydrogen-bond acceptors (Lipinski definition) is 3. The zero-order chi connectivity index (χ0) is 16.2. The van der Waals surface area contributed by atoms with E-state index in [4.69, 9.17) is 4.42 Å². The van der Waals surface area contributed by atoms with Crippen LogP contribution in [0.15, 0.2) is 77.3 Å². The molecule has 0 saturated heterocycles. The van der Waals surface area contributed by atoms with Crippen LogP contribution in [0.4, 0.5) is 0 Å². The minimum Gasteiger partial charge on any atom is -0.468 e. The Morgan fingerprint density at radius 2 is 1.77 bits per heavy atom. The lowest BCUT2D eigenvalue weighted by molar-refractivity contribution is 0.414. The Hall–Kier alpha value is -2.11. The smallest absolute Gasteiger partial charge is 0.241 e. The molecule has 2 aromatic rings. The molecule has 0 saturated carbocycles. The van der Waals surface area contributed by atoms with Crippen molar-refractivity contribution >= 4 is 10.0 Å². The maximum absolute atomic E-state index is 12.6. The molecule has 0 radical (unpaired) electrons. The molecule has 0 aliphatic heterocycles. The highest BCUT2D eigenvalue weighted by Crippen LogP contribution is 2.26. The van der Waals surface area contributed by atoms with Gasteiger partial charge in [-0.2, -0.15) is 4.72 Å². The van der Waals surface area contributed by atoms with Gasteiger partial charge in [-0.1, -0.05) is 29.8 Å². The fourth-order valence-corrected chi connectivity index (χ4v) is 3.35. The number of benzene rings is 1. The number of aryl methyl sites for hydroxylation is 1. The lowest BCUT2D eigenvalue weighted by Crippen LogP contribution is -2.32. The van der Waals surface area contributed by atoms with Gasteiger partial charge in [-0.15, -0.1) is 13.2 Å². The van der Waals surface area contributed by atoms with Crippen LogP contribution in [0, 0.1) is 12.8 Å². The van der Waals surface area contributed by atoms with Crippen molar-refractivity contribution in [2.45, 2.75) is 17.9 Å². The molecule has 1 aromatic carbocycles. The number of sulfonamides is 1. The van der Waals surface area contributed by atoms with Gasteiger partial charge in [-0.3, -0.25) is 0 Å². The van der Waals surface area contributed by atoms with Crippen molar-refractivity contribution in [1.82, 2.24) is 4.72 Å². The van der Waals surface area contributed by atoms with Crippen LogP contribution in [0.2, 0.25) is 0 Å². The van der Waals surface area contributed by atoms with Gasteiger partial charge >= 0.3 is 0 Å². The summed E-state index contributed by atoms with van der Waals surface area (Å²) in [5.74, 6) is 0.229. The summed E-state index contributed by atoms with van der Waals surface area (Å²) in [7, 11) is -3.67. The Kier molecular flexibility index (Phi) is 5.00. The van der Waals surface area contributed by atoms with E-state index in [1.165, 1.54) is 6.26 Å². The van der Waals surface area contributed by atoms with Crippen LogP contribution in [-0.4, -0.2) is 8.42 Å². The van der Waals surface area contributed by atoms with Crippen molar-refractivity contribution in [2.24, 2.45) is 5.92 Å². The predicted molar refractivity (Wildman–Crippen MR) is 86.8 cm³/mol. The van der Waals surface area contributed by atoms with E-state index in [2.05, 4.69) is 17.9 Å². The van der Waals surface area contributed by atoms with Gasteiger partial charge in [0, 0.05) is 5.92 Å². The summed E-state index contributed by atoms with van der Waals surface area (Å²) in [6, 6.07) is 9.52. The van der Waals surface area contributed by atoms with E-state index in [1.54, 1.807) is 48.6 Å². The highest BCUT2D eigenvalue weighted by atomic mass is 32.2. The molecule has 1 heterocycles. The zero-order valence-electron chi connectivity index (χ0n) is 12.4. The van der Waals surface area contributed by atoms with Gasteiger partial charge in [0.25, 0.3) is 0 Å². The first-order valence-electron chi connectivity index (χ1n) is 6.85. The van der Waals surface area contributed by atoms with E-state index in [-0.39, 0.29) is 10.8 Å². The minimum atomic E-state index is -3.67. The molecule has 0 bridgehead atoms. The van der Waals surface area contributed by atoms with Gasteiger partial charge in [0.2, 0.25) is 10.0 Å². The summed E-state index contributed by atoms with van der Waals surface area (Å²) in [5.41, 5.74) is 0.997. The summed E-state index contributed by atoms with van der Waals surface area (Å²) in [5, 5.41) is 0. The summed E-state index contributed by atoms with van der Waals surface area (Å²) >= 11 is 0. The topological polar surface area (TPSA) is 59.3 Å². The number of nitrogens with one attached hydrogen (secondary N) is 1. The fourth-order valence-electron chi connectivity index (χ4n) is 2.12. The van der Waals surface area contributed by atoms with Crippen molar-refractivity contribution < 1.29 is 12.8 Å². The lowest BCUT2D eigenvalue weighted by Gasteiger charge is -2.21. The SMILES string of the molecule is C=CC(C=C)C(NS(=O)(=O)c1ccc(C)cc1)c1ccco1. The third-order valence-electron chi connectivity index (χ3n) is 3.39. The summed E-state index contributed by atoms with van der Waals surface area (Å²) in [4.78, 5) is 0.210. The molecule has 0 aliphatic carbocycles. The Morgan fingerprint density at radius 3 is 2.27 bits per heavy atom. The van der Waals surface area contributed by atoms with Crippen LogP contribution in [-0.2, 0) is 10.0 Å². The zero-order valence-corrected chi connectivity index (χ0v) is 13.2. The maximum atomic E-state index is 12.6. The maximum Gasteiger partial charge on any atom is 0.241 e. The molecule has 116 valence electrons. The molecule has 1 N–H and O–H groups in total. The van der Waals surface area contributed by atoms with Gasteiger partial charge in [0.1, 0.15) is 5.76 Å². The van der Waals surface area contributed by atoms with E-state index in [0.29, 0.717) is 5.76 Å². The number of rotatable bonds is 7. The number of hydrogen-bond donors (Lipinski definition) is 1. The van der Waals surface area contributed by atoms with Gasteiger partial charge in [0.05, 0.1) is 17.2 Å². The van der Waals surface area contributed by atoms with Gasteiger partial charge in [-0.05, 0) is 31.2 Å². The minimum absolute atomic E-state index is 0.210. The van der Waals surface area contributed by atoms with Crippen molar-refractivity contribution in [2.75, 3.05) is 0 Å². The van der Waals surface area contributed by atoms with Crippen molar-refractivity contribution in [1.29, 1.82) is 0 Å². The first kappa shape index (κ1) is 16.3. The van der Waals surface area contributed by atoms with E-state index in [0.717, 1.165) is 5.56 Å². The predicted octanol–water partition coefficient (Wildman–Crippen LogP) is 3.60. The fraction of sp³-hybridized carbons (Fsp3) is 0.176. The first-order valence-corrected chi connectivity index (χ1v) is 8.34. The summed E-state index contributed by atoms with van der Waals surface area (Å²) in [6.07, 6.45) is 4.78. The second kappa shape index (κ2) is 6.77. The van der Waals surface area contributed by atoms with Crippen molar-refractivity contribution in [3.8, 4) is 0 Å². The van der Waals surface area contributed by atoms with Crippen LogP contribution < -0.4 is 4.72 Å². The molecule has 22 heavy (non-hydrogen) atoms. The highest BCUT2D eigenvalue weighted by molar-refractivity contribution is 7.89. The molecular formula is C17H19NO3S. The molecular weight excluding hydrogens is 298 g/mol. The molecule has 0 spiro atoms. The molecule has 2 rings (SSSR count). The van der Waals surface area contributed by atoms with Crippen LogP contribution in [0.5, 0.6) is 0 Å². The second-order valence-corrected chi connectivity index (χ2v) is 6.69. The Balaban J connectivity index is 2.35. The van der Waals surface area contributed by atoms with E-state index in [9.17, 15) is 8.42 Å². The average molecular weight is 317 g/mol. The second-order valence-electron chi connectivity index (χ2n) is 4.98. The molecule has 5 heteroatoms. The highest BCUT2D eigenvalue weighted by Gasteiger charge is 2.27. The molecule has 4 nitrogen and oxygen atoms in total. The van der Waals surface area contributed by atoms with Crippen molar-refractivity contribution in [3.05, 3.63) is 79.3 Å². The molecule has 1 aromatic heterocycles. The standard InChI is InChI=1S/C17H19NO3S/c1-4-14(5-2)17(16-7-6-12-21-16)18-22(19,20)15-10-8-13(3)9-11-15/h4-12,14,17-18H,1-2H2,3H3. The van der Waals surface area contributed by atoms with Crippen LogP contribution in [0.3, 0.4) is 0 Å². The number of furan rings is 1. The van der Waals surface area contributed by atoms with Crippen LogP contribution in [0.25, 0.3) is 0 Å². The summed E-state index contributed by atoms with van der Waals surface area (Å²) in [6.45, 7) is 9.36. The lowest BCUT2D eigenvalue weighted by atomic mass is 9.99. The third-order valence-corrected chi connectivity index (χ3v) is 4.85. The van der Waals surface area contributed by atoms with E-state index >= 15 is 0 Å². The normalized spacial score (nSPS) is 13.0. The molecule has 1 unspecified atom stereocenters. The van der Waals surface area contributed by atoms with E-state index in [1.807, 2.05) is 6.92 Å². The molecule has 0 fully saturated rings. The Labute approximate surface area is 131 Å². The van der Waals surface area contributed by atoms with Crippen molar-refractivity contribution in [3.63, 3.8) is 0 Å². The summed E-state index contributed by atoms with van der Waals surface area (Å²) < 4.78 is 33.2. The molecule has 1 atom stereocenters. The van der Waals surface area contributed by atoms with E-state index < -0.39 is 16.1 Å². The molecule has 0 aliphatic rings. The first-order chi connectivity index (χ1) is 10.5. The Morgan fingerprint density at radius 1 is 1.14 bits per heavy atom. The van der Waals surface area contributed by atoms with Gasteiger partial charge < -0.3 is 4.42 Å². The average Bonchev–Trinajstić information content (AvgIpc) is 3.02. The van der Waals surface area contributed by atoms with Crippen LogP contribution in [0.1, 0.15) is 17.4 Å². The van der Waals surface area contributed by atoms with Crippen LogP contribution >= 0.6 is 0 Å².